The van der Waals surface area contributed by atoms with Crippen LogP contribution in [0.5, 0.6) is 0 Å². The molecule has 1 aliphatic rings. The van der Waals surface area contributed by atoms with Crippen molar-refractivity contribution < 1.29 is 25.2 Å². The van der Waals surface area contributed by atoms with Crippen molar-refractivity contribution in [3.63, 3.8) is 0 Å². The van der Waals surface area contributed by atoms with Crippen LogP contribution in [0.15, 0.2) is 0 Å². The molecular formula is C11H21NO5. The van der Waals surface area contributed by atoms with Gasteiger partial charge in [-0.1, -0.05) is 13.3 Å². The lowest BCUT2D eigenvalue weighted by atomic mass is 9.97. The van der Waals surface area contributed by atoms with Gasteiger partial charge in [0, 0.05) is 13.1 Å². The first-order valence-corrected chi connectivity index (χ1v) is 5.96. The van der Waals surface area contributed by atoms with Crippen LogP contribution >= 0.6 is 0 Å². The zero-order chi connectivity index (χ0) is 13.0. The van der Waals surface area contributed by atoms with Gasteiger partial charge in [0.15, 0.2) is 0 Å². The van der Waals surface area contributed by atoms with Crippen LogP contribution in [-0.2, 0) is 4.79 Å². The molecule has 0 amide bonds. The number of aliphatic carboxylic acids is 1. The molecule has 0 aromatic rings. The molecule has 100 valence electrons. The number of aliphatic hydroxyl groups excluding tert-OH is 3. The van der Waals surface area contributed by atoms with E-state index in [0.717, 1.165) is 12.8 Å². The maximum absolute atomic E-state index is 11.0. The van der Waals surface area contributed by atoms with E-state index in [1.165, 1.54) is 0 Å². The van der Waals surface area contributed by atoms with E-state index in [1.54, 1.807) is 4.90 Å². The predicted octanol–water partition coefficient (Wildman–Crippen LogP) is -1.11. The Labute approximate surface area is 100 Å². The number of aliphatic hydroxyl groups is 3. The van der Waals surface area contributed by atoms with Gasteiger partial charge < -0.3 is 20.4 Å². The van der Waals surface area contributed by atoms with Gasteiger partial charge in [-0.25, -0.2) is 0 Å². The summed E-state index contributed by atoms with van der Waals surface area (Å²) in [6, 6.07) is 0. The van der Waals surface area contributed by atoms with Crippen LogP contribution < -0.4 is 0 Å². The average Bonchev–Trinajstić information content (AvgIpc) is 2.38. The average molecular weight is 247 g/mol. The molecule has 1 saturated heterocycles. The molecule has 0 saturated carbocycles. The van der Waals surface area contributed by atoms with Gasteiger partial charge >= 0.3 is 5.97 Å². The molecule has 0 bridgehead atoms. The summed E-state index contributed by atoms with van der Waals surface area (Å²) in [6.07, 6.45) is -2.07. The van der Waals surface area contributed by atoms with Crippen molar-refractivity contribution in [3.05, 3.63) is 0 Å². The number of unbranched alkanes of at least 4 members (excludes halogenated alkanes) is 1. The molecule has 4 N–H and O–H groups in total. The zero-order valence-corrected chi connectivity index (χ0v) is 9.99. The standard InChI is InChI=1S/C11H21NO5/c1-2-3-4-12-5-7(11(16)17)9(14)10(15)8(13)6-12/h7-10,13-15H,2-6H2,1H3,(H,16,17). The second-order valence-electron chi connectivity index (χ2n) is 4.61. The van der Waals surface area contributed by atoms with E-state index in [0.29, 0.717) is 6.54 Å². The summed E-state index contributed by atoms with van der Waals surface area (Å²) >= 11 is 0. The molecule has 1 heterocycles. The van der Waals surface area contributed by atoms with Gasteiger partial charge in [0.2, 0.25) is 0 Å². The number of β-amino-alcohol motifs (C(OH)–C–C–N with tert-alkyl or cyclic N) is 1. The summed E-state index contributed by atoms with van der Waals surface area (Å²) in [5.41, 5.74) is 0. The first-order chi connectivity index (χ1) is 7.97. The van der Waals surface area contributed by atoms with Gasteiger partial charge in [-0.2, -0.15) is 0 Å². The maximum Gasteiger partial charge on any atom is 0.310 e. The Hall–Kier alpha value is -0.690. The molecule has 1 aliphatic heterocycles. The molecule has 6 nitrogen and oxygen atoms in total. The lowest BCUT2D eigenvalue weighted by molar-refractivity contribution is -0.150. The highest BCUT2D eigenvalue weighted by Gasteiger charge is 2.40. The highest BCUT2D eigenvalue weighted by atomic mass is 16.4. The van der Waals surface area contributed by atoms with Gasteiger partial charge in [-0.15, -0.1) is 0 Å². The molecule has 4 unspecified atom stereocenters. The van der Waals surface area contributed by atoms with Crippen molar-refractivity contribution in [2.45, 2.75) is 38.1 Å². The molecule has 0 spiro atoms. The lowest BCUT2D eigenvalue weighted by Crippen LogP contribution is -2.43. The van der Waals surface area contributed by atoms with Crippen LogP contribution in [0.1, 0.15) is 19.8 Å². The number of carbonyl (C=O) groups is 1. The quantitative estimate of drug-likeness (QED) is 0.502. The lowest BCUT2D eigenvalue weighted by Gasteiger charge is -2.23. The van der Waals surface area contributed by atoms with Crippen molar-refractivity contribution in [2.24, 2.45) is 5.92 Å². The third-order valence-corrected chi connectivity index (χ3v) is 3.20. The smallest absolute Gasteiger partial charge is 0.310 e. The second kappa shape index (κ2) is 6.30. The largest absolute Gasteiger partial charge is 0.481 e. The highest BCUT2D eigenvalue weighted by molar-refractivity contribution is 5.71. The minimum atomic E-state index is -1.42. The van der Waals surface area contributed by atoms with Gasteiger partial charge in [0.25, 0.3) is 0 Å². The first kappa shape index (κ1) is 14.4. The zero-order valence-electron chi connectivity index (χ0n) is 9.99. The molecule has 4 atom stereocenters. The summed E-state index contributed by atoms with van der Waals surface area (Å²) in [6.45, 7) is 3.04. The van der Waals surface area contributed by atoms with Crippen LogP contribution in [-0.4, -0.2) is 69.2 Å². The van der Waals surface area contributed by atoms with E-state index < -0.39 is 30.2 Å². The van der Waals surface area contributed by atoms with Gasteiger partial charge in [-0.05, 0) is 13.0 Å². The normalized spacial score (nSPS) is 35.5. The van der Waals surface area contributed by atoms with Crippen molar-refractivity contribution in [2.75, 3.05) is 19.6 Å². The Morgan fingerprint density at radius 2 is 1.88 bits per heavy atom. The van der Waals surface area contributed by atoms with Crippen molar-refractivity contribution in [1.82, 2.24) is 4.90 Å². The van der Waals surface area contributed by atoms with Crippen LogP contribution in [0, 0.1) is 5.92 Å². The Balaban J connectivity index is 2.74. The van der Waals surface area contributed by atoms with E-state index in [4.69, 9.17) is 5.11 Å². The Bertz CT molecular complexity index is 260. The number of nitrogens with zero attached hydrogens (tertiary/aromatic N) is 1. The maximum atomic E-state index is 11.0. The Morgan fingerprint density at radius 1 is 1.24 bits per heavy atom. The Morgan fingerprint density at radius 3 is 2.41 bits per heavy atom. The predicted molar refractivity (Wildman–Crippen MR) is 60.5 cm³/mol. The molecular weight excluding hydrogens is 226 g/mol. The van der Waals surface area contributed by atoms with Crippen LogP contribution in [0.4, 0.5) is 0 Å². The van der Waals surface area contributed by atoms with Gasteiger partial charge in [-0.3, -0.25) is 9.69 Å². The summed E-state index contributed by atoms with van der Waals surface area (Å²) < 4.78 is 0. The summed E-state index contributed by atoms with van der Waals surface area (Å²) in [4.78, 5) is 12.8. The van der Waals surface area contributed by atoms with E-state index in [9.17, 15) is 20.1 Å². The number of likely N-dealkylation sites (tertiary alicyclic amines) is 1. The first-order valence-electron chi connectivity index (χ1n) is 5.96. The molecule has 0 radical (unpaired) electrons. The fraction of sp³-hybridized carbons (Fsp3) is 0.909. The number of carboxylic acid groups (broad SMARTS) is 1. The molecule has 1 rings (SSSR count). The fourth-order valence-corrected chi connectivity index (χ4v) is 2.09. The fourth-order valence-electron chi connectivity index (χ4n) is 2.09. The molecule has 6 heteroatoms. The van der Waals surface area contributed by atoms with Crippen molar-refractivity contribution in [1.29, 1.82) is 0 Å². The minimum Gasteiger partial charge on any atom is -0.481 e. The Kier molecular flexibility index (Phi) is 5.32. The molecule has 0 aromatic heterocycles. The number of hydrogen-bond acceptors (Lipinski definition) is 5. The van der Waals surface area contributed by atoms with E-state index in [1.807, 2.05) is 6.92 Å². The number of rotatable bonds is 4. The second-order valence-corrected chi connectivity index (χ2v) is 4.61. The van der Waals surface area contributed by atoms with Crippen LogP contribution in [0.2, 0.25) is 0 Å². The monoisotopic (exact) mass is 247 g/mol. The van der Waals surface area contributed by atoms with Gasteiger partial charge in [0.1, 0.15) is 6.10 Å². The third kappa shape index (κ3) is 3.64. The third-order valence-electron chi connectivity index (χ3n) is 3.20. The van der Waals surface area contributed by atoms with Crippen LogP contribution in [0.3, 0.4) is 0 Å². The van der Waals surface area contributed by atoms with Crippen molar-refractivity contribution in [3.8, 4) is 0 Å². The number of carboxylic acids is 1. The minimum absolute atomic E-state index is 0.157. The molecule has 0 aromatic carbocycles. The summed E-state index contributed by atoms with van der Waals surface area (Å²) in [7, 11) is 0. The highest BCUT2D eigenvalue weighted by Crippen LogP contribution is 2.19. The molecule has 0 aliphatic carbocycles. The number of hydrogen-bond donors (Lipinski definition) is 4. The van der Waals surface area contributed by atoms with E-state index in [-0.39, 0.29) is 13.1 Å². The van der Waals surface area contributed by atoms with E-state index >= 15 is 0 Å². The van der Waals surface area contributed by atoms with Crippen molar-refractivity contribution >= 4 is 5.97 Å². The summed E-state index contributed by atoms with van der Waals surface area (Å²) in [5, 5.41) is 37.9. The topological polar surface area (TPSA) is 101 Å². The van der Waals surface area contributed by atoms with Gasteiger partial charge in [0.05, 0.1) is 18.1 Å². The SMILES string of the molecule is CCCCN1CC(O)C(O)C(O)C(C(=O)O)C1. The summed E-state index contributed by atoms with van der Waals surface area (Å²) in [5.74, 6) is -2.20. The van der Waals surface area contributed by atoms with Crippen LogP contribution in [0.25, 0.3) is 0 Å². The molecule has 17 heavy (non-hydrogen) atoms. The van der Waals surface area contributed by atoms with E-state index in [2.05, 4.69) is 0 Å². The molecule has 1 fully saturated rings.